The van der Waals surface area contributed by atoms with Gasteiger partial charge < -0.3 is 10.1 Å². The number of esters is 1. The van der Waals surface area contributed by atoms with Gasteiger partial charge in [0.15, 0.2) is 11.7 Å². The highest BCUT2D eigenvalue weighted by molar-refractivity contribution is 6.12. The number of ether oxygens (including phenoxy) is 1. The maximum absolute atomic E-state index is 12.2. The molecule has 0 aromatic heterocycles. The number of ketones is 1. The van der Waals surface area contributed by atoms with E-state index in [0.29, 0.717) is 13.0 Å². The van der Waals surface area contributed by atoms with E-state index in [-0.39, 0.29) is 11.1 Å². The molecule has 6 heteroatoms. The Kier molecular flexibility index (Phi) is 6.08. The van der Waals surface area contributed by atoms with E-state index in [4.69, 9.17) is 5.26 Å². The number of rotatable bonds is 6. The number of amides is 1. The molecule has 0 bridgehead atoms. The van der Waals surface area contributed by atoms with Gasteiger partial charge in [-0.05, 0) is 18.6 Å². The molecule has 0 aliphatic rings. The molecule has 1 rings (SSSR count). The SMILES string of the molecule is CCCNC(=O)C(C#N)C(=O)c1cccc(C(=O)OC)c1. The molecule has 0 saturated heterocycles. The molecule has 1 aromatic carbocycles. The number of hydrogen-bond donors (Lipinski definition) is 1. The Hall–Kier alpha value is -2.68. The Balaban J connectivity index is 2.98. The molecule has 1 atom stereocenters. The van der Waals surface area contributed by atoms with E-state index in [9.17, 15) is 14.4 Å². The molecule has 0 spiro atoms. The largest absolute Gasteiger partial charge is 0.465 e. The van der Waals surface area contributed by atoms with E-state index >= 15 is 0 Å². The summed E-state index contributed by atoms with van der Waals surface area (Å²) in [6.45, 7) is 2.26. The third kappa shape index (κ3) is 4.14. The van der Waals surface area contributed by atoms with E-state index in [1.54, 1.807) is 6.07 Å². The van der Waals surface area contributed by atoms with Gasteiger partial charge in [-0.1, -0.05) is 19.1 Å². The second kappa shape index (κ2) is 7.80. The summed E-state index contributed by atoms with van der Waals surface area (Å²) in [4.78, 5) is 35.4. The number of carbonyl (C=O) groups excluding carboxylic acids is 3. The number of Topliss-reactive ketones (excluding diaryl/α,β-unsaturated/α-hetero) is 1. The highest BCUT2D eigenvalue weighted by atomic mass is 16.5. The van der Waals surface area contributed by atoms with E-state index in [0.717, 1.165) is 0 Å². The minimum Gasteiger partial charge on any atom is -0.465 e. The second-order valence-electron chi connectivity index (χ2n) is 4.29. The van der Waals surface area contributed by atoms with Gasteiger partial charge in [-0.2, -0.15) is 5.26 Å². The van der Waals surface area contributed by atoms with Crippen molar-refractivity contribution < 1.29 is 19.1 Å². The van der Waals surface area contributed by atoms with Crippen molar-refractivity contribution in [3.05, 3.63) is 35.4 Å². The van der Waals surface area contributed by atoms with Crippen molar-refractivity contribution in [1.29, 1.82) is 5.26 Å². The van der Waals surface area contributed by atoms with Gasteiger partial charge in [0.25, 0.3) is 0 Å². The Morgan fingerprint density at radius 3 is 2.57 bits per heavy atom. The number of hydrogen-bond acceptors (Lipinski definition) is 5. The number of methoxy groups -OCH3 is 1. The van der Waals surface area contributed by atoms with Gasteiger partial charge in [0, 0.05) is 12.1 Å². The highest BCUT2D eigenvalue weighted by Gasteiger charge is 2.27. The Bertz CT molecular complexity index is 590. The fourth-order valence-corrected chi connectivity index (χ4v) is 1.67. The Morgan fingerprint density at radius 1 is 1.33 bits per heavy atom. The molecule has 1 unspecified atom stereocenters. The summed E-state index contributed by atoms with van der Waals surface area (Å²) in [6.07, 6.45) is 0.704. The highest BCUT2D eigenvalue weighted by Crippen LogP contribution is 2.12. The van der Waals surface area contributed by atoms with Crippen LogP contribution in [0, 0.1) is 17.2 Å². The summed E-state index contributed by atoms with van der Waals surface area (Å²) in [6, 6.07) is 7.44. The topological polar surface area (TPSA) is 96.3 Å². The molecule has 0 aliphatic carbocycles. The quantitative estimate of drug-likeness (QED) is 0.484. The predicted molar refractivity (Wildman–Crippen MR) is 74.5 cm³/mol. The van der Waals surface area contributed by atoms with Crippen LogP contribution in [0.2, 0.25) is 0 Å². The van der Waals surface area contributed by atoms with Crippen LogP contribution in [0.3, 0.4) is 0 Å². The van der Waals surface area contributed by atoms with Crippen molar-refractivity contribution in [3.63, 3.8) is 0 Å². The van der Waals surface area contributed by atoms with Gasteiger partial charge in [0.1, 0.15) is 0 Å². The maximum Gasteiger partial charge on any atom is 0.337 e. The van der Waals surface area contributed by atoms with Gasteiger partial charge in [0.2, 0.25) is 5.91 Å². The summed E-state index contributed by atoms with van der Waals surface area (Å²) >= 11 is 0. The summed E-state index contributed by atoms with van der Waals surface area (Å²) < 4.78 is 4.56. The van der Waals surface area contributed by atoms with Gasteiger partial charge in [0.05, 0.1) is 18.7 Å². The normalized spacial score (nSPS) is 11.1. The van der Waals surface area contributed by atoms with Crippen LogP contribution < -0.4 is 5.32 Å². The van der Waals surface area contributed by atoms with Crippen molar-refractivity contribution in [2.45, 2.75) is 13.3 Å². The fourth-order valence-electron chi connectivity index (χ4n) is 1.67. The molecule has 6 nitrogen and oxygen atoms in total. The standard InChI is InChI=1S/C15H16N2O4/c1-3-7-17-14(19)12(9-16)13(18)10-5-4-6-11(8-10)15(20)21-2/h4-6,8,12H,3,7H2,1-2H3,(H,17,19). The first-order valence-electron chi connectivity index (χ1n) is 6.45. The molecular formula is C15H16N2O4. The number of nitrogens with zero attached hydrogens (tertiary/aromatic N) is 1. The zero-order valence-electron chi connectivity index (χ0n) is 11.9. The second-order valence-corrected chi connectivity index (χ2v) is 4.29. The van der Waals surface area contributed by atoms with Crippen LogP contribution in [0.5, 0.6) is 0 Å². The lowest BCUT2D eigenvalue weighted by Gasteiger charge is -2.09. The molecule has 0 radical (unpaired) electrons. The summed E-state index contributed by atoms with van der Waals surface area (Å²) in [7, 11) is 1.23. The smallest absolute Gasteiger partial charge is 0.337 e. The van der Waals surface area contributed by atoms with Gasteiger partial charge >= 0.3 is 5.97 Å². The molecule has 1 aromatic rings. The predicted octanol–water partition coefficient (Wildman–Crippen LogP) is 1.32. The van der Waals surface area contributed by atoms with E-state index in [2.05, 4.69) is 10.1 Å². The van der Waals surface area contributed by atoms with Crippen molar-refractivity contribution in [2.75, 3.05) is 13.7 Å². The molecule has 21 heavy (non-hydrogen) atoms. The first kappa shape index (κ1) is 16.4. The van der Waals surface area contributed by atoms with Crippen molar-refractivity contribution in [1.82, 2.24) is 5.32 Å². The van der Waals surface area contributed by atoms with Crippen LogP contribution in [-0.4, -0.2) is 31.3 Å². The molecule has 110 valence electrons. The van der Waals surface area contributed by atoms with Gasteiger partial charge in [-0.3, -0.25) is 9.59 Å². The molecule has 0 heterocycles. The minimum absolute atomic E-state index is 0.121. The van der Waals surface area contributed by atoms with Crippen molar-refractivity contribution >= 4 is 17.7 Å². The van der Waals surface area contributed by atoms with E-state index < -0.39 is 23.6 Å². The van der Waals surface area contributed by atoms with E-state index in [1.807, 2.05) is 6.92 Å². The van der Waals surface area contributed by atoms with Crippen LogP contribution in [-0.2, 0) is 9.53 Å². The van der Waals surface area contributed by atoms with Crippen LogP contribution in [0.1, 0.15) is 34.1 Å². The van der Waals surface area contributed by atoms with E-state index in [1.165, 1.54) is 31.4 Å². The lowest BCUT2D eigenvalue weighted by atomic mass is 9.96. The van der Waals surface area contributed by atoms with Crippen LogP contribution in [0.4, 0.5) is 0 Å². The molecule has 0 saturated carbocycles. The average molecular weight is 288 g/mol. The first-order chi connectivity index (χ1) is 10.0. The van der Waals surface area contributed by atoms with Crippen molar-refractivity contribution in [3.8, 4) is 6.07 Å². The van der Waals surface area contributed by atoms with Crippen LogP contribution in [0.15, 0.2) is 24.3 Å². The lowest BCUT2D eigenvalue weighted by molar-refractivity contribution is -0.122. The zero-order chi connectivity index (χ0) is 15.8. The van der Waals surface area contributed by atoms with Gasteiger partial charge in [-0.25, -0.2) is 4.79 Å². The van der Waals surface area contributed by atoms with Gasteiger partial charge in [-0.15, -0.1) is 0 Å². The Morgan fingerprint density at radius 2 is 2.00 bits per heavy atom. The third-order valence-corrected chi connectivity index (χ3v) is 2.77. The third-order valence-electron chi connectivity index (χ3n) is 2.77. The molecule has 1 N–H and O–H groups in total. The lowest BCUT2D eigenvalue weighted by Crippen LogP contribution is -2.35. The number of benzene rings is 1. The Labute approximate surface area is 122 Å². The molecule has 1 amide bonds. The molecule has 0 fully saturated rings. The minimum atomic E-state index is -1.43. The number of nitrogens with one attached hydrogen (secondary N) is 1. The monoisotopic (exact) mass is 288 g/mol. The summed E-state index contributed by atoms with van der Waals surface area (Å²) in [5.41, 5.74) is 0.310. The number of carbonyl (C=O) groups is 3. The number of nitriles is 1. The fraction of sp³-hybridized carbons (Fsp3) is 0.333. The molecule has 0 aliphatic heterocycles. The molecular weight excluding hydrogens is 272 g/mol. The van der Waals surface area contributed by atoms with Crippen molar-refractivity contribution in [2.24, 2.45) is 5.92 Å². The van der Waals surface area contributed by atoms with Crippen LogP contribution >= 0.6 is 0 Å². The van der Waals surface area contributed by atoms with Crippen LogP contribution in [0.25, 0.3) is 0 Å². The summed E-state index contributed by atoms with van der Waals surface area (Å²) in [5.74, 6) is -3.29. The maximum atomic E-state index is 12.2. The first-order valence-corrected chi connectivity index (χ1v) is 6.45. The average Bonchev–Trinajstić information content (AvgIpc) is 2.52. The summed E-state index contributed by atoms with van der Waals surface area (Å²) in [5, 5.41) is 11.5. The zero-order valence-corrected chi connectivity index (χ0v) is 11.9.